The highest BCUT2D eigenvalue weighted by molar-refractivity contribution is 6.07. The molecule has 1 fully saturated rings. The van der Waals surface area contributed by atoms with Gasteiger partial charge < -0.3 is 25.0 Å². The van der Waals surface area contributed by atoms with E-state index in [0.717, 1.165) is 24.5 Å². The molecule has 1 aliphatic rings. The molecular formula is C21H25N3O4. The van der Waals surface area contributed by atoms with Crippen molar-refractivity contribution in [3.63, 3.8) is 0 Å². The third-order valence-corrected chi connectivity index (χ3v) is 4.48. The molecule has 2 N–H and O–H groups in total. The van der Waals surface area contributed by atoms with E-state index in [9.17, 15) is 9.59 Å². The zero-order chi connectivity index (χ0) is 19.8. The fourth-order valence-corrected chi connectivity index (χ4v) is 3.02. The third-order valence-electron chi connectivity index (χ3n) is 4.48. The Morgan fingerprint density at radius 1 is 1.04 bits per heavy atom. The molecule has 0 radical (unpaired) electrons. The molecule has 2 aromatic rings. The Bertz CT molecular complexity index is 819. The number of amides is 2. The van der Waals surface area contributed by atoms with Crippen LogP contribution in [0.15, 0.2) is 48.5 Å². The van der Waals surface area contributed by atoms with Crippen molar-refractivity contribution in [2.75, 3.05) is 56.8 Å². The van der Waals surface area contributed by atoms with Gasteiger partial charge in [0, 0.05) is 37.9 Å². The van der Waals surface area contributed by atoms with Crippen molar-refractivity contribution < 1.29 is 19.1 Å². The van der Waals surface area contributed by atoms with E-state index in [1.54, 1.807) is 31.4 Å². The molecule has 0 aliphatic carbocycles. The summed E-state index contributed by atoms with van der Waals surface area (Å²) in [7, 11) is 1.58. The van der Waals surface area contributed by atoms with Crippen molar-refractivity contribution in [2.24, 2.45) is 0 Å². The van der Waals surface area contributed by atoms with Crippen LogP contribution in [0, 0.1) is 0 Å². The number of hydrogen-bond donors (Lipinski definition) is 2. The van der Waals surface area contributed by atoms with E-state index in [1.165, 1.54) is 0 Å². The van der Waals surface area contributed by atoms with Gasteiger partial charge in [0.2, 0.25) is 0 Å². The van der Waals surface area contributed by atoms with E-state index in [0.29, 0.717) is 37.5 Å². The lowest BCUT2D eigenvalue weighted by Crippen LogP contribution is -2.36. The molecule has 1 heterocycles. The lowest BCUT2D eigenvalue weighted by molar-refractivity contribution is 0.0937. The molecule has 7 nitrogen and oxygen atoms in total. The van der Waals surface area contributed by atoms with Crippen LogP contribution in [0.25, 0.3) is 0 Å². The molecule has 0 saturated carbocycles. The van der Waals surface area contributed by atoms with Gasteiger partial charge in [0.1, 0.15) is 0 Å². The molecule has 7 heteroatoms. The van der Waals surface area contributed by atoms with Crippen LogP contribution in [0.4, 0.5) is 11.4 Å². The summed E-state index contributed by atoms with van der Waals surface area (Å²) in [5.74, 6) is -0.493. The van der Waals surface area contributed by atoms with Gasteiger partial charge in [-0.15, -0.1) is 0 Å². The molecule has 2 amide bonds. The lowest BCUT2D eigenvalue weighted by atomic mass is 10.1. The fourth-order valence-electron chi connectivity index (χ4n) is 3.02. The number of anilines is 2. The van der Waals surface area contributed by atoms with Crippen LogP contribution in [0.3, 0.4) is 0 Å². The van der Waals surface area contributed by atoms with Crippen LogP contribution >= 0.6 is 0 Å². The quantitative estimate of drug-likeness (QED) is 0.716. The van der Waals surface area contributed by atoms with Gasteiger partial charge in [-0.1, -0.05) is 18.2 Å². The van der Waals surface area contributed by atoms with Crippen molar-refractivity contribution in [3.8, 4) is 0 Å². The number of ether oxygens (including phenoxy) is 2. The Kier molecular flexibility index (Phi) is 7.00. The average Bonchev–Trinajstić information content (AvgIpc) is 2.75. The molecule has 3 rings (SSSR count). The second kappa shape index (κ2) is 9.87. The van der Waals surface area contributed by atoms with Crippen molar-refractivity contribution in [2.45, 2.75) is 0 Å². The third kappa shape index (κ3) is 5.09. The van der Waals surface area contributed by atoms with Gasteiger partial charge in [-0.05, 0) is 30.3 Å². The normalized spacial score (nSPS) is 13.8. The van der Waals surface area contributed by atoms with E-state index < -0.39 is 0 Å². The fraction of sp³-hybridized carbons (Fsp3) is 0.333. The molecule has 0 unspecified atom stereocenters. The summed E-state index contributed by atoms with van der Waals surface area (Å²) in [6.45, 7) is 3.75. The Morgan fingerprint density at radius 2 is 1.75 bits per heavy atom. The second-order valence-electron chi connectivity index (χ2n) is 6.40. The minimum Gasteiger partial charge on any atom is -0.383 e. The summed E-state index contributed by atoms with van der Waals surface area (Å²) in [4.78, 5) is 27.2. The van der Waals surface area contributed by atoms with E-state index >= 15 is 0 Å². The van der Waals surface area contributed by atoms with Crippen molar-refractivity contribution in [3.05, 3.63) is 59.7 Å². The molecule has 0 aromatic heterocycles. The number of benzene rings is 2. The van der Waals surface area contributed by atoms with Crippen LogP contribution in [0.5, 0.6) is 0 Å². The van der Waals surface area contributed by atoms with E-state index in [4.69, 9.17) is 9.47 Å². The highest BCUT2D eigenvalue weighted by atomic mass is 16.5. The first kappa shape index (κ1) is 19.9. The molecule has 0 bridgehead atoms. The van der Waals surface area contributed by atoms with E-state index in [2.05, 4.69) is 15.5 Å². The number of methoxy groups -OCH3 is 1. The van der Waals surface area contributed by atoms with Crippen molar-refractivity contribution >= 4 is 23.2 Å². The Morgan fingerprint density at radius 3 is 2.50 bits per heavy atom. The van der Waals surface area contributed by atoms with Crippen LogP contribution in [-0.2, 0) is 9.47 Å². The Hall–Kier alpha value is -2.90. The molecule has 2 aromatic carbocycles. The summed E-state index contributed by atoms with van der Waals surface area (Å²) in [6.07, 6.45) is 0. The average molecular weight is 383 g/mol. The van der Waals surface area contributed by atoms with Crippen LogP contribution in [-0.4, -0.2) is 58.4 Å². The van der Waals surface area contributed by atoms with Crippen LogP contribution < -0.4 is 15.5 Å². The summed E-state index contributed by atoms with van der Waals surface area (Å²) >= 11 is 0. The molecular weight excluding hydrogens is 358 g/mol. The molecule has 0 spiro atoms. The van der Waals surface area contributed by atoms with Crippen molar-refractivity contribution in [1.82, 2.24) is 5.32 Å². The lowest BCUT2D eigenvalue weighted by Gasteiger charge is -2.30. The summed E-state index contributed by atoms with van der Waals surface area (Å²) in [6, 6.07) is 14.4. The molecule has 148 valence electrons. The number of nitrogens with one attached hydrogen (secondary N) is 2. The minimum atomic E-state index is -0.257. The molecule has 1 saturated heterocycles. The second-order valence-corrected chi connectivity index (χ2v) is 6.40. The predicted octanol–water partition coefficient (Wildman–Crippen LogP) is 2.15. The highest BCUT2D eigenvalue weighted by Crippen LogP contribution is 2.26. The first-order valence-corrected chi connectivity index (χ1v) is 9.29. The first-order valence-electron chi connectivity index (χ1n) is 9.29. The maximum atomic E-state index is 12.8. The maximum Gasteiger partial charge on any atom is 0.255 e. The van der Waals surface area contributed by atoms with E-state index in [-0.39, 0.29) is 11.8 Å². The highest BCUT2D eigenvalue weighted by Gasteiger charge is 2.17. The summed E-state index contributed by atoms with van der Waals surface area (Å²) in [5.41, 5.74) is 2.57. The van der Waals surface area contributed by atoms with E-state index in [1.807, 2.05) is 24.3 Å². The largest absolute Gasteiger partial charge is 0.383 e. The zero-order valence-electron chi connectivity index (χ0n) is 15.9. The number of carbonyl (C=O) groups excluding carboxylic acids is 2. The number of hydrogen-bond acceptors (Lipinski definition) is 5. The SMILES string of the molecule is COCCNC(=O)c1cccc(C(=O)Nc2ccccc2N2CCOCC2)c1. The summed E-state index contributed by atoms with van der Waals surface area (Å²) in [5, 5.41) is 5.72. The van der Waals surface area contributed by atoms with Gasteiger partial charge in [-0.25, -0.2) is 0 Å². The number of rotatable bonds is 7. The van der Waals surface area contributed by atoms with Gasteiger partial charge >= 0.3 is 0 Å². The van der Waals surface area contributed by atoms with Gasteiger partial charge in [-0.3, -0.25) is 9.59 Å². The van der Waals surface area contributed by atoms with Crippen LogP contribution in [0.2, 0.25) is 0 Å². The van der Waals surface area contributed by atoms with Gasteiger partial charge in [0.25, 0.3) is 11.8 Å². The Balaban J connectivity index is 1.72. The monoisotopic (exact) mass is 383 g/mol. The van der Waals surface area contributed by atoms with Gasteiger partial charge in [-0.2, -0.15) is 0 Å². The zero-order valence-corrected chi connectivity index (χ0v) is 15.9. The van der Waals surface area contributed by atoms with Crippen molar-refractivity contribution in [1.29, 1.82) is 0 Å². The first-order chi connectivity index (χ1) is 13.7. The summed E-state index contributed by atoms with van der Waals surface area (Å²) < 4.78 is 10.3. The molecule has 28 heavy (non-hydrogen) atoms. The number of carbonyl (C=O) groups is 2. The van der Waals surface area contributed by atoms with Gasteiger partial charge in [0.05, 0.1) is 31.2 Å². The minimum absolute atomic E-state index is 0.236. The number of para-hydroxylation sites is 2. The van der Waals surface area contributed by atoms with Gasteiger partial charge in [0.15, 0.2) is 0 Å². The molecule has 0 atom stereocenters. The van der Waals surface area contributed by atoms with Crippen LogP contribution in [0.1, 0.15) is 20.7 Å². The number of morpholine rings is 1. The predicted molar refractivity (Wildman–Crippen MR) is 108 cm³/mol. The topological polar surface area (TPSA) is 79.9 Å². The Labute approximate surface area is 164 Å². The smallest absolute Gasteiger partial charge is 0.255 e. The standard InChI is InChI=1S/C21H25N3O4/c1-27-12-9-22-20(25)16-5-4-6-17(15-16)21(26)23-18-7-2-3-8-19(18)24-10-13-28-14-11-24/h2-8,15H,9-14H2,1H3,(H,22,25)(H,23,26). The maximum absolute atomic E-state index is 12.8. The molecule has 1 aliphatic heterocycles. The number of nitrogens with zero attached hydrogens (tertiary/aromatic N) is 1.